The lowest BCUT2D eigenvalue weighted by Gasteiger charge is -2.18. The lowest BCUT2D eigenvalue weighted by atomic mass is 10.1. The lowest BCUT2D eigenvalue weighted by Crippen LogP contribution is -2.42. The standard InChI is InChI=1S/C12H25N3O/c1-9(2)15-12(16)8-14-10(3)7-11-5-4-6-13-11/h9-11,13-14H,4-8H2,1-3H3,(H,15,16). The van der Waals surface area contributed by atoms with E-state index in [1.54, 1.807) is 0 Å². The van der Waals surface area contributed by atoms with E-state index in [0.717, 1.165) is 13.0 Å². The van der Waals surface area contributed by atoms with Crippen molar-refractivity contribution in [1.82, 2.24) is 16.0 Å². The minimum Gasteiger partial charge on any atom is -0.353 e. The van der Waals surface area contributed by atoms with E-state index in [4.69, 9.17) is 0 Å². The van der Waals surface area contributed by atoms with Crippen molar-refractivity contribution in [3.8, 4) is 0 Å². The molecule has 2 atom stereocenters. The van der Waals surface area contributed by atoms with Gasteiger partial charge in [-0.1, -0.05) is 0 Å². The zero-order chi connectivity index (χ0) is 12.0. The van der Waals surface area contributed by atoms with E-state index in [2.05, 4.69) is 22.9 Å². The lowest BCUT2D eigenvalue weighted by molar-refractivity contribution is -0.120. The molecule has 1 aliphatic rings. The SMILES string of the molecule is CC(C)NC(=O)CNC(C)CC1CCCN1. The second-order valence-corrected chi connectivity index (χ2v) is 5.03. The van der Waals surface area contributed by atoms with Gasteiger partial charge in [0.05, 0.1) is 6.54 Å². The van der Waals surface area contributed by atoms with E-state index in [1.807, 2.05) is 13.8 Å². The van der Waals surface area contributed by atoms with Gasteiger partial charge in [-0.3, -0.25) is 4.79 Å². The minimum absolute atomic E-state index is 0.0845. The third-order valence-electron chi connectivity index (χ3n) is 2.86. The Kier molecular flexibility index (Phi) is 5.77. The van der Waals surface area contributed by atoms with Crippen LogP contribution >= 0.6 is 0 Å². The molecule has 2 unspecified atom stereocenters. The Hall–Kier alpha value is -0.610. The Morgan fingerprint density at radius 1 is 1.44 bits per heavy atom. The molecule has 1 saturated heterocycles. The van der Waals surface area contributed by atoms with Crippen molar-refractivity contribution in [2.75, 3.05) is 13.1 Å². The number of hydrogen-bond donors (Lipinski definition) is 3. The van der Waals surface area contributed by atoms with Gasteiger partial charge in [0.25, 0.3) is 0 Å². The van der Waals surface area contributed by atoms with Crippen LogP contribution in [0, 0.1) is 0 Å². The molecule has 94 valence electrons. The molecule has 0 bridgehead atoms. The second-order valence-electron chi connectivity index (χ2n) is 5.03. The van der Waals surface area contributed by atoms with Crippen molar-refractivity contribution in [3.05, 3.63) is 0 Å². The van der Waals surface area contributed by atoms with Gasteiger partial charge in [-0.05, 0) is 46.6 Å². The number of carbonyl (C=O) groups is 1. The molecule has 4 heteroatoms. The number of rotatable bonds is 6. The second kappa shape index (κ2) is 6.86. The first kappa shape index (κ1) is 13.5. The third-order valence-corrected chi connectivity index (χ3v) is 2.86. The summed E-state index contributed by atoms with van der Waals surface area (Å²) < 4.78 is 0. The Bertz CT molecular complexity index is 212. The highest BCUT2D eigenvalue weighted by atomic mass is 16.1. The van der Waals surface area contributed by atoms with Gasteiger partial charge in [0, 0.05) is 18.1 Å². The normalized spacial score (nSPS) is 22.4. The van der Waals surface area contributed by atoms with Crippen LogP contribution in [0.2, 0.25) is 0 Å². The van der Waals surface area contributed by atoms with Gasteiger partial charge in [0.2, 0.25) is 5.91 Å². The maximum Gasteiger partial charge on any atom is 0.234 e. The van der Waals surface area contributed by atoms with E-state index >= 15 is 0 Å². The minimum atomic E-state index is 0.0845. The highest BCUT2D eigenvalue weighted by Gasteiger charge is 2.17. The van der Waals surface area contributed by atoms with Crippen molar-refractivity contribution < 1.29 is 4.79 Å². The van der Waals surface area contributed by atoms with Gasteiger partial charge >= 0.3 is 0 Å². The van der Waals surface area contributed by atoms with Crippen LogP contribution in [0.4, 0.5) is 0 Å². The van der Waals surface area contributed by atoms with Gasteiger partial charge in [0.1, 0.15) is 0 Å². The summed E-state index contributed by atoms with van der Waals surface area (Å²) in [7, 11) is 0. The van der Waals surface area contributed by atoms with Crippen molar-refractivity contribution in [3.63, 3.8) is 0 Å². The molecule has 0 aromatic carbocycles. The molecule has 1 amide bonds. The summed E-state index contributed by atoms with van der Waals surface area (Å²) in [5.74, 6) is 0.0845. The zero-order valence-electron chi connectivity index (χ0n) is 10.7. The Morgan fingerprint density at radius 2 is 2.19 bits per heavy atom. The first-order valence-corrected chi connectivity index (χ1v) is 6.34. The fourth-order valence-electron chi connectivity index (χ4n) is 2.11. The van der Waals surface area contributed by atoms with E-state index < -0.39 is 0 Å². The summed E-state index contributed by atoms with van der Waals surface area (Å²) in [4.78, 5) is 11.4. The Labute approximate surface area is 98.6 Å². The van der Waals surface area contributed by atoms with Crippen LogP contribution in [0.1, 0.15) is 40.0 Å². The summed E-state index contributed by atoms with van der Waals surface area (Å²) in [5, 5.41) is 9.60. The average molecular weight is 227 g/mol. The first-order chi connectivity index (χ1) is 7.58. The zero-order valence-corrected chi connectivity index (χ0v) is 10.7. The molecule has 0 aromatic rings. The quantitative estimate of drug-likeness (QED) is 0.624. The molecule has 1 rings (SSSR count). The maximum atomic E-state index is 11.4. The summed E-state index contributed by atoms with van der Waals surface area (Å²) in [6.45, 7) is 7.66. The fourth-order valence-corrected chi connectivity index (χ4v) is 2.11. The van der Waals surface area contributed by atoms with Crippen LogP contribution in [0.15, 0.2) is 0 Å². The molecule has 1 aliphatic heterocycles. The molecule has 0 saturated carbocycles. The van der Waals surface area contributed by atoms with E-state index in [9.17, 15) is 4.79 Å². The smallest absolute Gasteiger partial charge is 0.234 e. The van der Waals surface area contributed by atoms with Crippen LogP contribution in [-0.2, 0) is 4.79 Å². The van der Waals surface area contributed by atoms with Crippen LogP contribution < -0.4 is 16.0 Å². The topological polar surface area (TPSA) is 53.2 Å². The molecular formula is C12H25N3O. The number of amides is 1. The van der Waals surface area contributed by atoms with Crippen molar-refractivity contribution in [2.24, 2.45) is 0 Å². The van der Waals surface area contributed by atoms with E-state index in [1.165, 1.54) is 12.8 Å². The molecular weight excluding hydrogens is 202 g/mol. The van der Waals surface area contributed by atoms with Gasteiger partial charge in [-0.15, -0.1) is 0 Å². The first-order valence-electron chi connectivity index (χ1n) is 6.34. The van der Waals surface area contributed by atoms with Crippen molar-refractivity contribution >= 4 is 5.91 Å². The van der Waals surface area contributed by atoms with Gasteiger partial charge in [-0.2, -0.15) is 0 Å². The molecule has 0 radical (unpaired) electrons. The molecule has 16 heavy (non-hydrogen) atoms. The summed E-state index contributed by atoms with van der Waals surface area (Å²) in [6, 6.07) is 1.25. The monoisotopic (exact) mass is 227 g/mol. The maximum absolute atomic E-state index is 11.4. The van der Waals surface area contributed by atoms with Crippen LogP contribution in [0.3, 0.4) is 0 Å². The number of hydrogen-bond acceptors (Lipinski definition) is 3. The van der Waals surface area contributed by atoms with Gasteiger partial charge < -0.3 is 16.0 Å². The molecule has 3 N–H and O–H groups in total. The van der Waals surface area contributed by atoms with Crippen LogP contribution in [-0.4, -0.2) is 37.1 Å². The van der Waals surface area contributed by atoms with Gasteiger partial charge in [0.15, 0.2) is 0 Å². The summed E-state index contributed by atoms with van der Waals surface area (Å²) >= 11 is 0. The fraction of sp³-hybridized carbons (Fsp3) is 0.917. The van der Waals surface area contributed by atoms with Crippen molar-refractivity contribution in [2.45, 2.75) is 58.2 Å². The molecule has 0 aliphatic carbocycles. The third kappa shape index (κ3) is 5.47. The Morgan fingerprint density at radius 3 is 2.75 bits per heavy atom. The van der Waals surface area contributed by atoms with Gasteiger partial charge in [-0.25, -0.2) is 0 Å². The highest BCUT2D eigenvalue weighted by Crippen LogP contribution is 2.10. The summed E-state index contributed by atoms with van der Waals surface area (Å²) in [5.41, 5.74) is 0. The Balaban J connectivity index is 2.09. The highest BCUT2D eigenvalue weighted by molar-refractivity contribution is 5.78. The molecule has 4 nitrogen and oxygen atoms in total. The number of carbonyl (C=O) groups excluding carboxylic acids is 1. The van der Waals surface area contributed by atoms with E-state index in [-0.39, 0.29) is 11.9 Å². The predicted molar refractivity (Wildman–Crippen MR) is 66.4 cm³/mol. The molecule has 1 heterocycles. The van der Waals surface area contributed by atoms with E-state index in [0.29, 0.717) is 18.6 Å². The number of nitrogens with one attached hydrogen (secondary N) is 3. The van der Waals surface area contributed by atoms with Crippen molar-refractivity contribution in [1.29, 1.82) is 0 Å². The van der Waals surface area contributed by atoms with Crippen LogP contribution in [0.25, 0.3) is 0 Å². The predicted octanol–water partition coefficient (Wildman–Crippen LogP) is 0.631. The molecule has 0 aromatic heterocycles. The van der Waals surface area contributed by atoms with Crippen LogP contribution in [0.5, 0.6) is 0 Å². The largest absolute Gasteiger partial charge is 0.353 e. The average Bonchev–Trinajstić information content (AvgIpc) is 2.66. The molecule has 0 spiro atoms. The molecule has 1 fully saturated rings. The summed E-state index contributed by atoms with van der Waals surface area (Å²) in [6.07, 6.45) is 3.66.